The predicted octanol–water partition coefficient (Wildman–Crippen LogP) is 1.74. The van der Waals surface area contributed by atoms with Crippen molar-refractivity contribution in [1.82, 2.24) is 10.2 Å². The van der Waals surface area contributed by atoms with Gasteiger partial charge < -0.3 is 16.0 Å². The van der Waals surface area contributed by atoms with Gasteiger partial charge in [0.2, 0.25) is 5.91 Å². The molecule has 1 saturated carbocycles. The minimum absolute atomic E-state index is 0.229. The first-order valence-corrected chi connectivity index (χ1v) is 7.56. The minimum atomic E-state index is -0.564. The normalized spacial score (nSPS) is 19.2. The van der Waals surface area contributed by atoms with Gasteiger partial charge in [-0.1, -0.05) is 13.8 Å². The number of carbonyl (C=O) groups is 1. The van der Waals surface area contributed by atoms with E-state index in [0.29, 0.717) is 18.0 Å². The largest absolute Gasteiger partial charge is 0.368 e. The summed E-state index contributed by atoms with van der Waals surface area (Å²) in [6.45, 7) is 12.8. The topological polar surface area (TPSA) is 58.4 Å². The number of nitrogens with zero attached hydrogens (tertiary/aromatic N) is 1. The molecule has 0 bridgehead atoms. The van der Waals surface area contributed by atoms with Gasteiger partial charge in [-0.25, -0.2) is 0 Å². The summed E-state index contributed by atoms with van der Waals surface area (Å²) in [4.78, 5) is 14.2. The van der Waals surface area contributed by atoms with Crippen LogP contribution in [0.15, 0.2) is 0 Å². The van der Waals surface area contributed by atoms with Crippen molar-refractivity contribution in [3.63, 3.8) is 0 Å². The van der Waals surface area contributed by atoms with E-state index in [4.69, 9.17) is 5.73 Å². The number of rotatable bonds is 9. The van der Waals surface area contributed by atoms with Gasteiger partial charge in [0.15, 0.2) is 0 Å². The van der Waals surface area contributed by atoms with Crippen molar-refractivity contribution in [1.29, 1.82) is 0 Å². The Morgan fingerprint density at radius 1 is 1.37 bits per heavy atom. The Morgan fingerprint density at radius 3 is 2.32 bits per heavy atom. The van der Waals surface area contributed by atoms with Crippen LogP contribution in [-0.2, 0) is 4.79 Å². The summed E-state index contributed by atoms with van der Waals surface area (Å²) >= 11 is 0. The first-order chi connectivity index (χ1) is 8.74. The van der Waals surface area contributed by atoms with E-state index >= 15 is 0 Å². The average Bonchev–Trinajstić information content (AvgIpc) is 3.06. The zero-order valence-corrected chi connectivity index (χ0v) is 13.2. The summed E-state index contributed by atoms with van der Waals surface area (Å²) < 4.78 is 0. The summed E-state index contributed by atoms with van der Waals surface area (Å²) in [5, 5.41) is 3.41. The van der Waals surface area contributed by atoms with Crippen LogP contribution in [0.25, 0.3) is 0 Å². The maximum absolute atomic E-state index is 11.7. The fourth-order valence-electron chi connectivity index (χ4n) is 2.34. The van der Waals surface area contributed by atoms with Crippen LogP contribution in [0.5, 0.6) is 0 Å². The van der Waals surface area contributed by atoms with Gasteiger partial charge in [-0.05, 0) is 46.0 Å². The highest BCUT2D eigenvalue weighted by molar-refractivity contribution is 5.84. The van der Waals surface area contributed by atoms with E-state index in [1.165, 1.54) is 12.8 Å². The van der Waals surface area contributed by atoms with Crippen LogP contribution >= 0.6 is 0 Å². The molecular formula is C15H31N3O. The molecule has 1 aliphatic carbocycles. The van der Waals surface area contributed by atoms with Gasteiger partial charge in [0.25, 0.3) is 0 Å². The Balaban J connectivity index is 2.55. The molecule has 3 N–H and O–H groups in total. The third kappa shape index (κ3) is 5.49. The Labute approximate surface area is 118 Å². The number of carbonyl (C=O) groups excluding carboxylic acids is 1. The molecule has 1 fully saturated rings. The van der Waals surface area contributed by atoms with Gasteiger partial charge >= 0.3 is 0 Å². The third-order valence-electron chi connectivity index (χ3n) is 3.87. The van der Waals surface area contributed by atoms with Crippen molar-refractivity contribution in [2.24, 2.45) is 11.7 Å². The van der Waals surface area contributed by atoms with Crippen LogP contribution in [0, 0.1) is 5.92 Å². The van der Waals surface area contributed by atoms with Crippen LogP contribution in [0.4, 0.5) is 0 Å². The number of amides is 1. The second-order valence-electron chi connectivity index (χ2n) is 6.85. The van der Waals surface area contributed by atoms with Crippen LogP contribution < -0.4 is 11.1 Å². The van der Waals surface area contributed by atoms with Crippen molar-refractivity contribution in [3.8, 4) is 0 Å². The molecule has 19 heavy (non-hydrogen) atoms. The molecule has 0 saturated heterocycles. The predicted molar refractivity (Wildman–Crippen MR) is 79.9 cm³/mol. The van der Waals surface area contributed by atoms with Gasteiger partial charge in [0.1, 0.15) is 0 Å². The smallest absolute Gasteiger partial charge is 0.237 e. The molecule has 1 aliphatic rings. The van der Waals surface area contributed by atoms with Crippen molar-refractivity contribution < 1.29 is 4.79 Å². The molecular weight excluding hydrogens is 238 g/mol. The van der Waals surface area contributed by atoms with Crippen molar-refractivity contribution in [2.75, 3.05) is 13.1 Å². The third-order valence-corrected chi connectivity index (χ3v) is 3.87. The fraction of sp³-hybridized carbons (Fsp3) is 0.933. The van der Waals surface area contributed by atoms with E-state index in [9.17, 15) is 4.79 Å². The Kier molecular flexibility index (Phi) is 5.81. The fourth-order valence-corrected chi connectivity index (χ4v) is 2.34. The van der Waals surface area contributed by atoms with E-state index in [-0.39, 0.29) is 5.91 Å². The number of hydrogen-bond donors (Lipinski definition) is 2. The standard InChI is InChI=1S/C15H31N3O/c1-11(2)10-18(12(3)4)9-8-15(5,14(16)19)17-13-6-7-13/h11-13,17H,6-10H2,1-5H3,(H2,16,19). The van der Waals surface area contributed by atoms with Crippen molar-refractivity contribution in [3.05, 3.63) is 0 Å². The summed E-state index contributed by atoms with van der Waals surface area (Å²) in [6.07, 6.45) is 3.12. The van der Waals surface area contributed by atoms with E-state index < -0.39 is 5.54 Å². The van der Waals surface area contributed by atoms with Crippen LogP contribution in [-0.4, -0.2) is 41.5 Å². The highest BCUT2D eigenvalue weighted by Crippen LogP contribution is 2.24. The summed E-state index contributed by atoms with van der Waals surface area (Å²) in [5.74, 6) is 0.409. The lowest BCUT2D eigenvalue weighted by Gasteiger charge is -2.33. The highest BCUT2D eigenvalue weighted by Gasteiger charge is 2.37. The van der Waals surface area contributed by atoms with Crippen molar-refractivity contribution >= 4 is 5.91 Å². The molecule has 1 unspecified atom stereocenters. The molecule has 0 aromatic carbocycles. The molecule has 0 radical (unpaired) electrons. The molecule has 0 aromatic heterocycles. The van der Waals surface area contributed by atoms with Gasteiger partial charge in [-0.15, -0.1) is 0 Å². The average molecular weight is 269 g/mol. The second kappa shape index (κ2) is 6.71. The number of nitrogens with one attached hydrogen (secondary N) is 1. The first-order valence-electron chi connectivity index (χ1n) is 7.56. The molecule has 1 atom stereocenters. The SMILES string of the molecule is CC(C)CN(CCC(C)(NC1CC1)C(N)=O)C(C)C. The highest BCUT2D eigenvalue weighted by atomic mass is 16.1. The summed E-state index contributed by atoms with van der Waals surface area (Å²) in [6, 6.07) is 0.996. The molecule has 1 rings (SSSR count). The maximum Gasteiger partial charge on any atom is 0.237 e. The van der Waals surface area contributed by atoms with E-state index in [1.807, 2.05) is 6.92 Å². The summed E-state index contributed by atoms with van der Waals surface area (Å²) in [5.41, 5.74) is 5.03. The quantitative estimate of drug-likeness (QED) is 0.670. The zero-order valence-electron chi connectivity index (χ0n) is 13.2. The molecule has 112 valence electrons. The molecule has 4 nitrogen and oxygen atoms in total. The van der Waals surface area contributed by atoms with E-state index in [1.54, 1.807) is 0 Å². The minimum Gasteiger partial charge on any atom is -0.368 e. The monoisotopic (exact) mass is 269 g/mol. The second-order valence-corrected chi connectivity index (χ2v) is 6.85. The van der Waals surface area contributed by atoms with Gasteiger partial charge in [-0.2, -0.15) is 0 Å². The lowest BCUT2D eigenvalue weighted by atomic mass is 9.95. The Morgan fingerprint density at radius 2 is 1.95 bits per heavy atom. The lowest BCUT2D eigenvalue weighted by molar-refractivity contribution is -0.124. The molecule has 0 aromatic rings. The van der Waals surface area contributed by atoms with E-state index in [0.717, 1.165) is 19.5 Å². The van der Waals surface area contributed by atoms with Crippen molar-refractivity contribution in [2.45, 2.75) is 71.5 Å². The number of hydrogen-bond acceptors (Lipinski definition) is 3. The molecule has 0 spiro atoms. The Bertz CT molecular complexity index is 300. The zero-order chi connectivity index (χ0) is 14.6. The molecule has 0 aliphatic heterocycles. The van der Waals surface area contributed by atoms with Gasteiger partial charge in [0, 0.05) is 25.2 Å². The van der Waals surface area contributed by atoms with Gasteiger partial charge in [0.05, 0.1) is 5.54 Å². The van der Waals surface area contributed by atoms with Crippen LogP contribution in [0.3, 0.4) is 0 Å². The summed E-state index contributed by atoms with van der Waals surface area (Å²) in [7, 11) is 0. The molecule has 1 amide bonds. The molecule has 0 heterocycles. The maximum atomic E-state index is 11.7. The van der Waals surface area contributed by atoms with E-state index in [2.05, 4.69) is 37.9 Å². The lowest BCUT2D eigenvalue weighted by Crippen LogP contribution is -2.55. The Hall–Kier alpha value is -0.610. The van der Waals surface area contributed by atoms with Crippen LogP contribution in [0.1, 0.15) is 53.9 Å². The number of primary amides is 1. The van der Waals surface area contributed by atoms with Crippen LogP contribution in [0.2, 0.25) is 0 Å². The molecule has 4 heteroatoms. The van der Waals surface area contributed by atoms with Gasteiger partial charge in [-0.3, -0.25) is 4.79 Å². The first kappa shape index (κ1) is 16.4. The number of nitrogens with two attached hydrogens (primary N) is 1.